The molecule has 0 fully saturated rings. The Hall–Kier alpha value is -5.17. The molecule has 7 nitrogen and oxygen atoms in total. The monoisotopic (exact) mass is 530 g/mol. The van der Waals surface area contributed by atoms with Gasteiger partial charge in [0.1, 0.15) is 18.1 Å². The molecule has 6 rings (SSSR count). The molecule has 0 aliphatic carbocycles. The molecular weight excluding hydrogens is 504 g/mol. The molecule has 5 aromatic rings. The van der Waals surface area contributed by atoms with Crippen LogP contribution in [-0.2, 0) is 11.4 Å². The van der Waals surface area contributed by atoms with Crippen molar-refractivity contribution in [3.63, 3.8) is 0 Å². The first-order valence-corrected chi connectivity index (χ1v) is 13.1. The Labute approximate surface area is 230 Å². The number of carbonyl (C=O) groups is 3. The summed E-state index contributed by atoms with van der Waals surface area (Å²) in [5, 5.41) is 1.59. The Balaban J connectivity index is 1.41. The van der Waals surface area contributed by atoms with Crippen LogP contribution in [0.3, 0.4) is 0 Å². The summed E-state index contributed by atoms with van der Waals surface area (Å²) in [5.74, 6) is -0.598. The second kappa shape index (κ2) is 10.2. The van der Waals surface area contributed by atoms with Crippen molar-refractivity contribution in [1.82, 2.24) is 10.0 Å². The molecule has 1 aliphatic heterocycles. The molecule has 0 radical (unpaired) electrons. The maximum atomic E-state index is 13.6. The molecule has 1 aliphatic rings. The van der Waals surface area contributed by atoms with Crippen molar-refractivity contribution < 1.29 is 24.0 Å². The average Bonchev–Trinajstić information content (AvgIpc) is 3.22. The van der Waals surface area contributed by atoms with E-state index >= 15 is 0 Å². The number of Topliss-reactive ketones (excluding diaryl/α,β-unsaturated/α-hetero) is 1. The number of hydroxylamine groups is 1. The first-order valence-electron chi connectivity index (χ1n) is 13.1. The van der Waals surface area contributed by atoms with Crippen LogP contribution in [0.15, 0.2) is 96.7 Å². The van der Waals surface area contributed by atoms with E-state index < -0.39 is 5.97 Å². The highest BCUT2D eigenvalue weighted by Crippen LogP contribution is 2.40. The lowest BCUT2D eigenvalue weighted by Gasteiger charge is -2.11. The van der Waals surface area contributed by atoms with Crippen molar-refractivity contribution in [1.29, 1.82) is 0 Å². The zero-order chi connectivity index (χ0) is 27.8. The number of ether oxygens (including phenoxy) is 1. The maximum absolute atomic E-state index is 13.6. The lowest BCUT2D eigenvalue weighted by Crippen LogP contribution is -2.24. The molecular formula is C33H26N2O5. The quantitative estimate of drug-likeness (QED) is 0.209. The third-order valence-corrected chi connectivity index (χ3v) is 7.22. The molecule has 40 heavy (non-hydrogen) atoms. The highest BCUT2D eigenvalue weighted by Gasteiger charge is 2.26. The van der Waals surface area contributed by atoms with Gasteiger partial charge >= 0.3 is 5.97 Å². The summed E-state index contributed by atoms with van der Waals surface area (Å²) in [6.45, 7) is 4.75. The van der Waals surface area contributed by atoms with Crippen molar-refractivity contribution in [2.24, 2.45) is 0 Å². The van der Waals surface area contributed by atoms with E-state index in [4.69, 9.17) is 9.57 Å². The fourth-order valence-electron chi connectivity index (χ4n) is 5.22. The minimum absolute atomic E-state index is 0.0650. The zero-order valence-corrected chi connectivity index (χ0v) is 22.1. The number of aromatic nitrogens is 1. The molecule has 4 aromatic carbocycles. The molecule has 0 bridgehead atoms. The van der Waals surface area contributed by atoms with Crippen LogP contribution in [0.4, 0.5) is 0 Å². The topological polar surface area (TPSA) is 86.6 Å². The number of hydrogen-bond acceptors (Lipinski definition) is 6. The summed E-state index contributed by atoms with van der Waals surface area (Å²) in [6.07, 6.45) is 1.55. The molecule has 1 N–H and O–H groups in total. The first kappa shape index (κ1) is 25.1. The number of nitrogens with one attached hydrogen (secondary N) is 1. The number of ketones is 2. The van der Waals surface area contributed by atoms with Gasteiger partial charge in [-0.25, -0.2) is 10.3 Å². The zero-order valence-electron chi connectivity index (χ0n) is 22.1. The summed E-state index contributed by atoms with van der Waals surface area (Å²) in [7, 11) is 0. The molecule has 2 heterocycles. The van der Waals surface area contributed by atoms with Crippen molar-refractivity contribution in [3.8, 4) is 5.75 Å². The molecule has 1 aromatic heterocycles. The van der Waals surface area contributed by atoms with Gasteiger partial charge in [-0.15, -0.1) is 0 Å². The number of benzene rings is 4. The number of nitrogens with zero attached hydrogens (tertiary/aromatic N) is 1. The molecule has 0 unspecified atom stereocenters. The third-order valence-electron chi connectivity index (χ3n) is 7.22. The van der Waals surface area contributed by atoms with Crippen LogP contribution in [0.2, 0.25) is 0 Å². The standard InChI is InChI=1S/C33H26N2O5/c1-3-35-27-15-13-22(30(36)23-12-8-7-9-20(23)2)19-25(27)29-28(35)16-14-24-31(37)26(17-18-39-32(24)29)34-40-33(38)21-10-5-4-6-11-21/h4-17,19,34H,3,18H2,1-2H3. The van der Waals surface area contributed by atoms with E-state index in [1.807, 2.05) is 62.4 Å². The number of aryl methyl sites for hydroxylation is 2. The van der Waals surface area contributed by atoms with Gasteiger partial charge < -0.3 is 14.1 Å². The minimum Gasteiger partial charge on any atom is -0.488 e. The fraction of sp³-hybridized carbons (Fsp3) is 0.121. The Kier molecular flexibility index (Phi) is 6.40. The third kappa shape index (κ3) is 4.22. The second-order valence-corrected chi connectivity index (χ2v) is 9.57. The van der Waals surface area contributed by atoms with Crippen molar-refractivity contribution >= 4 is 39.3 Å². The van der Waals surface area contributed by atoms with Gasteiger partial charge in [-0.05, 0) is 68.0 Å². The second-order valence-electron chi connectivity index (χ2n) is 9.57. The van der Waals surface area contributed by atoms with E-state index in [9.17, 15) is 14.4 Å². The van der Waals surface area contributed by atoms with Crippen LogP contribution in [0.5, 0.6) is 5.75 Å². The van der Waals surface area contributed by atoms with E-state index in [0.29, 0.717) is 34.5 Å². The van der Waals surface area contributed by atoms with Crippen LogP contribution in [0, 0.1) is 6.92 Å². The highest BCUT2D eigenvalue weighted by molar-refractivity contribution is 6.20. The van der Waals surface area contributed by atoms with Gasteiger partial charge in [0.15, 0.2) is 5.78 Å². The largest absolute Gasteiger partial charge is 0.488 e. The fourth-order valence-corrected chi connectivity index (χ4v) is 5.22. The Morgan fingerprint density at radius 2 is 1.68 bits per heavy atom. The van der Waals surface area contributed by atoms with Gasteiger partial charge in [-0.3, -0.25) is 9.59 Å². The van der Waals surface area contributed by atoms with Crippen LogP contribution >= 0.6 is 0 Å². The SMILES string of the molecule is CCn1c2ccc(C(=O)c3ccccc3C)cc2c2c3c(ccc21)C(=O)C(NOC(=O)c1ccccc1)=CCO3. The van der Waals surface area contributed by atoms with Crippen LogP contribution in [0.25, 0.3) is 21.8 Å². The summed E-state index contributed by atoms with van der Waals surface area (Å²) in [6, 6.07) is 25.3. The molecule has 0 saturated carbocycles. The van der Waals surface area contributed by atoms with Crippen molar-refractivity contribution in [2.75, 3.05) is 6.61 Å². The normalized spacial score (nSPS) is 12.8. The molecule has 0 saturated heterocycles. The van der Waals surface area contributed by atoms with Gasteiger partial charge in [0.2, 0.25) is 5.78 Å². The summed E-state index contributed by atoms with van der Waals surface area (Å²) in [5.41, 5.74) is 7.29. The molecule has 7 heteroatoms. The van der Waals surface area contributed by atoms with Crippen molar-refractivity contribution in [3.05, 3.63) is 125 Å². The Morgan fingerprint density at radius 1 is 0.925 bits per heavy atom. The smallest absolute Gasteiger partial charge is 0.362 e. The van der Waals surface area contributed by atoms with Crippen LogP contribution < -0.4 is 10.2 Å². The van der Waals surface area contributed by atoms with Gasteiger partial charge in [0.25, 0.3) is 0 Å². The van der Waals surface area contributed by atoms with Gasteiger partial charge in [-0.1, -0.05) is 42.5 Å². The lowest BCUT2D eigenvalue weighted by molar-refractivity contribution is 0.0320. The number of carbonyl (C=O) groups excluding carboxylic acids is 3. The van der Waals surface area contributed by atoms with Gasteiger partial charge in [-0.2, -0.15) is 0 Å². The van der Waals surface area contributed by atoms with Gasteiger partial charge in [0, 0.05) is 28.6 Å². The number of allylic oxidation sites excluding steroid dienone is 1. The predicted octanol–water partition coefficient (Wildman–Crippen LogP) is 6.17. The van der Waals surface area contributed by atoms with E-state index in [1.165, 1.54) is 0 Å². The molecule has 198 valence electrons. The number of rotatable bonds is 6. The summed E-state index contributed by atoms with van der Waals surface area (Å²) >= 11 is 0. The number of fused-ring (bicyclic) bond motifs is 5. The summed E-state index contributed by atoms with van der Waals surface area (Å²) < 4.78 is 8.29. The molecule has 0 amide bonds. The van der Waals surface area contributed by atoms with Gasteiger partial charge in [0.05, 0.1) is 22.0 Å². The van der Waals surface area contributed by atoms with Crippen molar-refractivity contribution in [2.45, 2.75) is 20.4 Å². The Bertz CT molecular complexity index is 1850. The Morgan fingerprint density at radius 3 is 2.45 bits per heavy atom. The predicted molar refractivity (Wildman–Crippen MR) is 153 cm³/mol. The van der Waals surface area contributed by atoms with E-state index in [-0.39, 0.29) is 23.9 Å². The van der Waals surface area contributed by atoms with E-state index in [1.54, 1.807) is 42.5 Å². The highest BCUT2D eigenvalue weighted by atomic mass is 16.7. The molecule has 0 atom stereocenters. The number of hydrogen-bond donors (Lipinski definition) is 1. The first-order chi connectivity index (χ1) is 19.5. The summed E-state index contributed by atoms with van der Waals surface area (Å²) in [4.78, 5) is 44.6. The van der Waals surface area contributed by atoms with Crippen LogP contribution in [-0.4, -0.2) is 28.7 Å². The van der Waals surface area contributed by atoms with E-state index in [0.717, 1.165) is 27.4 Å². The lowest BCUT2D eigenvalue weighted by atomic mass is 9.97. The van der Waals surface area contributed by atoms with Crippen LogP contribution in [0.1, 0.15) is 49.1 Å². The maximum Gasteiger partial charge on any atom is 0.362 e. The minimum atomic E-state index is -0.605. The average molecular weight is 531 g/mol. The molecule has 0 spiro atoms. The van der Waals surface area contributed by atoms with E-state index in [2.05, 4.69) is 10.0 Å².